The highest BCUT2D eigenvalue weighted by atomic mass is 16.1. The van der Waals surface area contributed by atoms with Crippen molar-refractivity contribution < 1.29 is 4.79 Å². The molecule has 0 aliphatic rings. The van der Waals surface area contributed by atoms with Crippen LogP contribution >= 0.6 is 0 Å². The van der Waals surface area contributed by atoms with Gasteiger partial charge >= 0.3 is 0 Å². The molecule has 0 radical (unpaired) electrons. The SMILES string of the molecule is CCNC(=O)CCn1c(N)nc2cccnc21. The van der Waals surface area contributed by atoms with Gasteiger partial charge in [-0.3, -0.25) is 9.36 Å². The largest absolute Gasteiger partial charge is 0.369 e. The molecule has 0 atom stereocenters. The summed E-state index contributed by atoms with van der Waals surface area (Å²) in [5.74, 6) is 0.396. The molecule has 0 saturated carbocycles. The predicted octanol–water partition coefficient (Wildman–Crippen LogP) is 0.540. The van der Waals surface area contributed by atoms with E-state index in [4.69, 9.17) is 5.73 Å². The Bertz CT molecular complexity index is 534. The number of hydrogen-bond acceptors (Lipinski definition) is 4. The maximum atomic E-state index is 11.4. The number of imidazole rings is 1. The maximum Gasteiger partial charge on any atom is 0.221 e. The summed E-state index contributed by atoms with van der Waals surface area (Å²) >= 11 is 0. The molecule has 17 heavy (non-hydrogen) atoms. The molecule has 0 fully saturated rings. The number of carbonyl (C=O) groups is 1. The van der Waals surface area contributed by atoms with Crippen LogP contribution in [0.2, 0.25) is 0 Å². The Hall–Kier alpha value is -2.11. The number of anilines is 1. The predicted molar refractivity (Wildman–Crippen MR) is 65.2 cm³/mol. The van der Waals surface area contributed by atoms with Crippen LogP contribution in [0.5, 0.6) is 0 Å². The van der Waals surface area contributed by atoms with E-state index in [0.717, 1.165) is 5.52 Å². The van der Waals surface area contributed by atoms with Crippen LogP contribution in [0.4, 0.5) is 5.95 Å². The number of pyridine rings is 1. The van der Waals surface area contributed by atoms with Crippen LogP contribution in [0.1, 0.15) is 13.3 Å². The molecule has 0 saturated heterocycles. The summed E-state index contributed by atoms with van der Waals surface area (Å²) in [6.45, 7) is 3.02. The third kappa shape index (κ3) is 2.35. The average molecular weight is 233 g/mol. The van der Waals surface area contributed by atoms with E-state index in [1.165, 1.54) is 0 Å². The average Bonchev–Trinajstić information content (AvgIpc) is 2.62. The number of nitrogen functional groups attached to an aromatic ring is 1. The van der Waals surface area contributed by atoms with Crippen molar-refractivity contribution in [3.63, 3.8) is 0 Å². The minimum absolute atomic E-state index is 0.00433. The van der Waals surface area contributed by atoms with E-state index in [1.54, 1.807) is 10.8 Å². The number of nitrogens with zero attached hydrogens (tertiary/aromatic N) is 3. The third-order valence-corrected chi connectivity index (χ3v) is 2.47. The lowest BCUT2D eigenvalue weighted by Gasteiger charge is -2.05. The minimum Gasteiger partial charge on any atom is -0.369 e. The van der Waals surface area contributed by atoms with E-state index in [9.17, 15) is 4.79 Å². The number of hydrogen-bond donors (Lipinski definition) is 2. The lowest BCUT2D eigenvalue weighted by Crippen LogP contribution is -2.24. The van der Waals surface area contributed by atoms with E-state index in [0.29, 0.717) is 31.1 Å². The Morgan fingerprint density at radius 3 is 3.18 bits per heavy atom. The zero-order valence-electron chi connectivity index (χ0n) is 9.68. The van der Waals surface area contributed by atoms with Gasteiger partial charge in [-0.25, -0.2) is 9.97 Å². The van der Waals surface area contributed by atoms with Gasteiger partial charge < -0.3 is 11.1 Å². The first kappa shape index (κ1) is 11.4. The number of aromatic nitrogens is 3. The van der Waals surface area contributed by atoms with E-state index >= 15 is 0 Å². The number of amides is 1. The van der Waals surface area contributed by atoms with Crippen LogP contribution in [-0.4, -0.2) is 27.0 Å². The summed E-state index contributed by atoms with van der Waals surface area (Å²) < 4.78 is 1.75. The topological polar surface area (TPSA) is 85.8 Å². The molecule has 1 amide bonds. The van der Waals surface area contributed by atoms with E-state index in [1.807, 2.05) is 19.1 Å². The smallest absolute Gasteiger partial charge is 0.221 e. The van der Waals surface area contributed by atoms with Crippen molar-refractivity contribution in [3.8, 4) is 0 Å². The minimum atomic E-state index is 0.00433. The van der Waals surface area contributed by atoms with Gasteiger partial charge in [0.05, 0.1) is 0 Å². The Balaban J connectivity index is 2.18. The fourth-order valence-electron chi connectivity index (χ4n) is 1.70. The molecule has 2 rings (SSSR count). The van der Waals surface area contributed by atoms with Gasteiger partial charge in [-0.05, 0) is 19.1 Å². The standard InChI is InChI=1S/C11H15N5O/c1-2-13-9(17)5-7-16-10-8(15-11(16)12)4-3-6-14-10/h3-4,6H,2,5,7H2,1H3,(H2,12,15)(H,13,17). The molecule has 0 aliphatic carbocycles. The van der Waals surface area contributed by atoms with Crippen molar-refractivity contribution in [1.82, 2.24) is 19.9 Å². The summed E-state index contributed by atoms with van der Waals surface area (Å²) in [5.41, 5.74) is 7.26. The number of fused-ring (bicyclic) bond motifs is 1. The number of nitrogens with one attached hydrogen (secondary N) is 1. The molecule has 2 heterocycles. The van der Waals surface area contributed by atoms with Crippen LogP contribution in [-0.2, 0) is 11.3 Å². The molecule has 0 aliphatic heterocycles. The van der Waals surface area contributed by atoms with Crippen LogP contribution in [0.15, 0.2) is 18.3 Å². The molecule has 2 aromatic heterocycles. The number of carbonyl (C=O) groups excluding carboxylic acids is 1. The van der Waals surface area contributed by atoms with E-state index in [2.05, 4.69) is 15.3 Å². The third-order valence-electron chi connectivity index (χ3n) is 2.47. The Morgan fingerprint density at radius 1 is 1.59 bits per heavy atom. The molecule has 6 heteroatoms. The number of rotatable bonds is 4. The van der Waals surface area contributed by atoms with Crippen LogP contribution < -0.4 is 11.1 Å². The van der Waals surface area contributed by atoms with Gasteiger partial charge in [-0.2, -0.15) is 0 Å². The summed E-state index contributed by atoms with van der Waals surface area (Å²) in [4.78, 5) is 19.8. The first-order valence-corrected chi connectivity index (χ1v) is 5.55. The van der Waals surface area contributed by atoms with Crippen molar-refractivity contribution in [1.29, 1.82) is 0 Å². The summed E-state index contributed by atoms with van der Waals surface area (Å²) in [6.07, 6.45) is 2.06. The summed E-state index contributed by atoms with van der Waals surface area (Å²) in [7, 11) is 0. The normalized spacial score (nSPS) is 10.6. The first-order valence-electron chi connectivity index (χ1n) is 5.55. The number of aryl methyl sites for hydroxylation is 1. The van der Waals surface area contributed by atoms with Gasteiger partial charge in [0.25, 0.3) is 0 Å². The maximum absolute atomic E-state index is 11.4. The zero-order chi connectivity index (χ0) is 12.3. The fraction of sp³-hybridized carbons (Fsp3) is 0.364. The lowest BCUT2D eigenvalue weighted by molar-refractivity contribution is -0.121. The molecular weight excluding hydrogens is 218 g/mol. The highest BCUT2D eigenvalue weighted by Crippen LogP contribution is 2.15. The fourth-order valence-corrected chi connectivity index (χ4v) is 1.70. The molecular formula is C11H15N5O. The molecule has 2 aromatic rings. The van der Waals surface area contributed by atoms with Crippen molar-refractivity contribution in [3.05, 3.63) is 18.3 Å². The molecule has 90 valence electrons. The Morgan fingerprint density at radius 2 is 2.41 bits per heavy atom. The second kappa shape index (κ2) is 4.82. The van der Waals surface area contributed by atoms with Gasteiger partial charge in [0.2, 0.25) is 11.9 Å². The highest BCUT2D eigenvalue weighted by molar-refractivity contribution is 5.77. The number of nitrogens with two attached hydrogens (primary N) is 1. The van der Waals surface area contributed by atoms with Gasteiger partial charge in [0.1, 0.15) is 5.52 Å². The van der Waals surface area contributed by atoms with Gasteiger partial charge in [0, 0.05) is 25.7 Å². The summed E-state index contributed by atoms with van der Waals surface area (Å²) in [5, 5.41) is 2.74. The Labute approximate surface area is 98.8 Å². The zero-order valence-corrected chi connectivity index (χ0v) is 9.68. The van der Waals surface area contributed by atoms with Crippen LogP contribution in [0.25, 0.3) is 11.2 Å². The van der Waals surface area contributed by atoms with Crippen molar-refractivity contribution in [2.24, 2.45) is 0 Å². The monoisotopic (exact) mass is 233 g/mol. The second-order valence-electron chi connectivity index (χ2n) is 3.67. The van der Waals surface area contributed by atoms with Crippen LogP contribution in [0, 0.1) is 0 Å². The molecule has 3 N–H and O–H groups in total. The van der Waals surface area contributed by atoms with Gasteiger partial charge in [-0.15, -0.1) is 0 Å². The van der Waals surface area contributed by atoms with Gasteiger partial charge in [0.15, 0.2) is 5.65 Å². The highest BCUT2D eigenvalue weighted by Gasteiger charge is 2.09. The first-order chi connectivity index (χ1) is 8.22. The molecule has 6 nitrogen and oxygen atoms in total. The van der Waals surface area contributed by atoms with E-state index < -0.39 is 0 Å². The quantitative estimate of drug-likeness (QED) is 0.807. The molecule has 0 aromatic carbocycles. The molecule has 0 spiro atoms. The second-order valence-corrected chi connectivity index (χ2v) is 3.67. The molecule has 0 unspecified atom stereocenters. The lowest BCUT2D eigenvalue weighted by atomic mass is 10.4. The van der Waals surface area contributed by atoms with Crippen molar-refractivity contribution in [2.45, 2.75) is 19.9 Å². The van der Waals surface area contributed by atoms with Crippen molar-refractivity contribution >= 4 is 23.0 Å². The molecule has 0 bridgehead atoms. The van der Waals surface area contributed by atoms with Gasteiger partial charge in [-0.1, -0.05) is 0 Å². The van der Waals surface area contributed by atoms with Crippen molar-refractivity contribution in [2.75, 3.05) is 12.3 Å². The summed E-state index contributed by atoms with van der Waals surface area (Å²) in [6, 6.07) is 3.66. The van der Waals surface area contributed by atoms with Crippen LogP contribution in [0.3, 0.4) is 0 Å². The Kier molecular flexibility index (Phi) is 3.22. The van der Waals surface area contributed by atoms with E-state index in [-0.39, 0.29) is 5.91 Å².